The van der Waals surface area contributed by atoms with Crippen LogP contribution in [-0.4, -0.2) is 13.0 Å². The Kier molecular flexibility index (Phi) is 4.86. The fraction of sp³-hybridized carbons (Fsp3) is 0.235. The summed E-state index contributed by atoms with van der Waals surface area (Å²) in [7, 11) is 1.63. The molecule has 1 unspecified atom stereocenters. The molecule has 0 aliphatic carbocycles. The molecule has 0 aliphatic heterocycles. The van der Waals surface area contributed by atoms with Crippen LogP contribution in [0.3, 0.4) is 0 Å². The Morgan fingerprint density at radius 2 is 1.95 bits per heavy atom. The molecule has 2 N–H and O–H groups in total. The molecule has 4 heteroatoms. The normalized spacial score (nSPS) is 11.8. The quantitative estimate of drug-likeness (QED) is 0.889. The Bertz CT molecular complexity index is 655. The Morgan fingerprint density at radius 3 is 2.62 bits per heavy atom. The summed E-state index contributed by atoms with van der Waals surface area (Å²) in [6, 6.07) is 13.5. The van der Waals surface area contributed by atoms with Gasteiger partial charge >= 0.3 is 0 Å². The number of halogens is 1. The fourth-order valence-electron chi connectivity index (χ4n) is 2.16. The lowest BCUT2D eigenvalue weighted by molar-refractivity contribution is 0.0963. The first-order valence-corrected chi connectivity index (χ1v) is 7.24. The van der Waals surface area contributed by atoms with E-state index in [4.69, 9.17) is 11.6 Å². The van der Waals surface area contributed by atoms with Gasteiger partial charge in [-0.3, -0.25) is 4.79 Å². The van der Waals surface area contributed by atoms with Crippen molar-refractivity contribution in [1.82, 2.24) is 5.32 Å². The third-order valence-corrected chi connectivity index (χ3v) is 3.68. The van der Waals surface area contributed by atoms with Crippen LogP contribution >= 0.6 is 11.6 Å². The Hall–Kier alpha value is -2.00. The van der Waals surface area contributed by atoms with Gasteiger partial charge in [0.05, 0.1) is 0 Å². The summed E-state index contributed by atoms with van der Waals surface area (Å²) in [6.45, 7) is 4.08. The summed E-state index contributed by atoms with van der Waals surface area (Å²) in [5.74, 6) is -0.0894. The zero-order chi connectivity index (χ0) is 15.4. The molecule has 0 saturated carbocycles. The Labute approximate surface area is 130 Å². The second-order valence-corrected chi connectivity index (χ2v) is 5.47. The molecule has 1 atom stereocenters. The molecular formula is C17H19ClN2O. The molecule has 0 heterocycles. The van der Waals surface area contributed by atoms with Gasteiger partial charge in [-0.15, -0.1) is 0 Å². The Balaban J connectivity index is 2.24. The maximum absolute atomic E-state index is 11.7. The molecule has 0 fully saturated rings. The molecule has 0 bridgehead atoms. The van der Waals surface area contributed by atoms with Crippen LogP contribution in [0.2, 0.25) is 5.02 Å². The number of aryl methyl sites for hydroxylation is 1. The molecule has 0 aliphatic rings. The summed E-state index contributed by atoms with van der Waals surface area (Å²) < 4.78 is 0. The number of benzene rings is 2. The van der Waals surface area contributed by atoms with E-state index in [2.05, 4.69) is 17.6 Å². The topological polar surface area (TPSA) is 41.1 Å². The summed E-state index contributed by atoms with van der Waals surface area (Å²) in [6.07, 6.45) is 0. The van der Waals surface area contributed by atoms with Crippen LogP contribution in [-0.2, 0) is 0 Å². The van der Waals surface area contributed by atoms with Gasteiger partial charge in [-0.2, -0.15) is 0 Å². The van der Waals surface area contributed by atoms with E-state index in [-0.39, 0.29) is 11.9 Å². The van der Waals surface area contributed by atoms with Gasteiger partial charge in [0, 0.05) is 29.4 Å². The van der Waals surface area contributed by atoms with Crippen LogP contribution in [0.1, 0.15) is 34.5 Å². The lowest BCUT2D eigenvalue weighted by Gasteiger charge is -2.18. The van der Waals surface area contributed by atoms with Crippen LogP contribution in [0.4, 0.5) is 5.69 Å². The molecule has 110 valence electrons. The average molecular weight is 303 g/mol. The zero-order valence-corrected chi connectivity index (χ0v) is 13.2. The number of carbonyl (C=O) groups excluding carboxylic acids is 1. The van der Waals surface area contributed by atoms with Crippen LogP contribution in [0.25, 0.3) is 0 Å². The monoisotopic (exact) mass is 302 g/mol. The van der Waals surface area contributed by atoms with Gasteiger partial charge in [0.15, 0.2) is 0 Å². The van der Waals surface area contributed by atoms with Crippen molar-refractivity contribution in [3.05, 3.63) is 64.2 Å². The Morgan fingerprint density at radius 1 is 1.19 bits per heavy atom. The molecule has 21 heavy (non-hydrogen) atoms. The average Bonchev–Trinajstić information content (AvgIpc) is 2.48. The summed E-state index contributed by atoms with van der Waals surface area (Å²) >= 11 is 6.03. The van der Waals surface area contributed by atoms with E-state index in [1.165, 1.54) is 0 Å². The summed E-state index contributed by atoms with van der Waals surface area (Å²) in [5, 5.41) is 6.79. The van der Waals surface area contributed by atoms with Gasteiger partial charge in [0.2, 0.25) is 0 Å². The van der Waals surface area contributed by atoms with E-state index < -0.39 is 0 Å². The molecule has 2 rings (SSSR count). The number of amides is 1. The van der Waals surface area contributed by atoms with Crippen molar-refractivity contribution in [2.75, 3.05) is 12.4 Å². The highest BCUT2D eigenvalue weighted by atomic mass is 35.5. The van der Waals surface area contributed by atoms with Gasteiger partial charge < -0.3 is 10.6 Å². The molecule has 2 aromatic rings. The van der Waals surface area contributed by atoms with Gasteiger partial charge in [-0.05, 0) is 49.2 Å². The molecule has 1 amide bonds. The van der Waals surface area contributed by atoms with Crippen molar-refractivity contribution in [3.8, 4) is 0 Å². The van der Waals surface area contributed by atoms with E-state index in [1.54, 1.807) is 7.05 Å². The molecule has 2 aromatic carbocycles. The molecular weight excluding hydrogens is 284 g/mol. The minimum absolute atomic E-state index is 0.0894. The van der Waals surface area contributed by atoms with Gasteiger partial charge in [0.1, 0.15) is 0 Å². The first kappa shape index (κ1) is 15.4. The van der Waals surface area contributed by atoms with Gasteiger partial charge in [-0.25, -0.2) is 0 Å². The van der Waals surface area contributed by atoms with Crippen molar-refractivity contribution in [3.63, 3.8) is 0 Å². The highest BCUT2D eigenvalue weighted by Crippen LogP contribution is 2.24. The van der Waals surface area contributed by atoms with Crippen LogP contribution in [0, 0.1) is 6.92 Å². The third-order valence-electron chi connectivity index (χ3n) is 3.45. The minimum atomic E-state index is -0.0894. The first-order valence-electron chi connectivity index (χ1n) is 6.86. The van der Waals surface area contributed by atoms with E-state index in [0.29, 0.717) is 5.56 Å². The maximum Gasteiger partial charge on any atom is 0.251 e. The van der Waals surface area contributed by atoms with E-state index >= 15 is 0 Å². The van der Waals surface area contributed by atoms with E-state index in [9.17, 15) is 4.79 Å². The van der Waals surface area contributed by atoms with Crippen molar-refractivity contribution in [2.24, 2.45) is 0 Å². The van der Waals surface area contributed by atoms with Crippen LogP contribution < -0.4 is 10.6 Å². The SMILES string of the molecule is CNC(=O)c1ccc(C)c(NC(C)c2cccc(Cl)c2)c1. The zero-order valence-electron chi connectivity index (χ0n) is 12.4. The number of hydrogen-bond acceptors (Lipinski definition) is 2. The third kappa shape index (κ3) is 3.76. The van der Waals surface area contributed by atoms with Crippen LogP contribution in [0.5, 0.6) is 0 Å². The van der Waals surface area contributed by atoms with E-state index in [0.717, 1.165) is 21.8 Å². The maximum atomic E-state index is 11.7. The summed E-state index contributed by atoms with van der Waals surface area (Å²) in [5.41, 5.74) is 3.79. The second kappa shape index (κ2) is 6.64. The van der Waals surface area contributed by atoms with Gasteiger partial charge in [0.25, 0.3) is 5.91 Å². The fourth-order valence-corrected chi connectivity index (χ4v) is 2.35. The lowest BCUT2D eigenvalue weighted by Crippen LogP contribution is -2.18. The molecule has 0 spiro atoms. The highest BCUT2D eigenvalue weighted by Gasteiger charge is 2.10. The van der Waals surface area contributed by atoms with E-state index in [1.807, 2.05) is 49.4 Å². The predicted molar refractivity (Wildman–Crippen MR) is 88.1 cm³/mol. The first-order chi connectivity index (χ1) is 10.0. The second-order valence-electron chi connectivity index (χ2n) is 5.03. The molecule has 0 radical (unpaired) electrons. The smallest absolute Gasteiger partial charge is 0.251 e. The number of anilines is 1. The molecule has 0 saturated heterocycles. The molecule has 3 nitrogen and oxygen atoms in total. The number of carbonyl (C=O) groups is 1. The van der Waals surface area contributed by atoms with Crippen LogP contribution in [0.15, 0.2) is 42.5 Å². The standard InChI is InChI=1S/C17H19ClN2O/c1-11-7-8-14(17(21)19-3)10-16(11)20-12(2)13-5-4-6-15(18)9-13/h4-10,12,20H,1-3H3,(H,19,21). The largest absolute Gasteiger partial charge is 0.378 e. The van der Waals surface area contributed by atoms with Gasteiger partial charge in [-0.1, -0.05) is 29.8 Å². The van der Waals surface area contributed by atoms with Crippen molar-refractivity contribution < 1.29 is 4.79 Å². The predicted octanol–water partition coefficient (Wildman–Crippen LogP) is 4.18. The number of rotatable bonds is 4. The highest BCUT2D eigenvalue weighted by molar-refractivity contribution is 6.30. The number of hydrogen-bond donors (Lipinski definition) is 2. The minimum Gasteiger partial charge on any atom is -0.378 e. The molecule has 0 aromatic heterocycles. The van der Waals surface area contributed by atoms with Crippen molar-refractivity contribution in [2.45, 2.75) is 19.9 Å². The summed E-state index contributed by atoms with van der Waals surface area (Å²) in [4.78, 5) is 11.7. The lowest BCUT2D eigenvalue weighted by atomic mass is 10.1. The van der Waals surface area contributed by atoms with Crippen molar-refractivity contribution in [1.29, 1.82) is 0 Å². The van der Waals surface area contributed by atoms with Crippen molar-refractivity contribution >= 4 is 23.2 Å². The number of nitrogens with one attached hydrogen (secondary N) is 2.